The number of hydrogen-bond donors (Lipinski definition) is 0. The maximum absolute atomic E-state index is 10.7. The molecule has 5 nitrogen and oxygen atoms in total. The van der Waals surface area contributed by atoms with E-state index in [9.17, 15) is 10.1 Å². The van der Waals surface area contributed by atoms with E-state index in [2.05, 4.69) is 4.98 Å². The van der Waals surface area contributed by atoms with Crippen molar-refractivity contribution < 1.29 is 9.66 Å². The predicted molar refractivity (Wildman–Crippen MR) is 76.9 cm³/mol. The molecule has 0 fully saturated rings. The van der Waals surface area contributed by atoms with Gasteiger partial charge in [-0.05, 0) is 30.2 Å². The number of nitrogens with zero attached hydrogens (tertiary/aromatic N) is 2. The number of aromatic nitrogens is 1. The Bertz CT molecular complexity index is 614. The molecule has 0 spiro atoms. The Hall–Kier alpha value is -1.92. The molecular weight excluding hydrogens is 276 g/mol. The van der Waals surface area contributed by atoms with Crippen molar-refractivity contribution in [2.45, 2.75) is 23.5 Å². The van der Waals surface area contributed by atoms with Crippen molar-refractivity contribution in [1.82, 2.24) is 4.98 Å². The second-order valence-corrected chi connectivity index (χ2v) is 5.31. The van der Waals surface area contributed by atoms with Crippen molar-refractivity contribution >= 4 is 17.4 Å². The van der Waals surface area contributed by atoms with Gasteiger partial charge in [0.25, 0.3) is 5.69 Å². The molecule has 1 aromatic carbocycles. The Labute approximate surface area is 121 Å². The van der Waals surface area contributed by atoms with E-state index in [4.69, 9.17) is 4.74 Å². The smallest absolute Gasteiger partial charge is 0.287 e. The third-order valence-electron chi connectivity index (χ3n) is 2.68. The first-order valence-electron chi connectivity index (χ1n) is 5.97. The van der Waals surface area contributed by atoms with Crippen molar-refractivity contribution in [3.05, 3.63) is 57.8 Å². The van der Waals surface area contributed by atoms with Gasteiger partial charge in [-0.1, -0.05) is 23.9 Å². The van der Waals surface area contributed by atoms with E-state index in [1.54, 1.807) is 7.11 Å². The van der Waals surface area contributed by atoms with Crippen molar-refractivity contribution in [3.8, 4) is 0 Å². The molecule has 104 valence electrons. The summed E-state index contributed by atoms with van der Waals surface area (Å²) in [6, 6.07) is 9.50. The number of ether oxygens (including phenoxy) is 1. The molecule has 0 saturated carbocycles. The maximum Gasteiger partial charge on any atom is 0.287 e. The van der Waals surface area contributed by atoms with Crippen LogP contribution in [0.1, 0.15) is 11.1 Å². The number of methoxy groups -OCH3 is 1. The van der Waals surface area contributed by atoms with E-state index in [1.807, 2.05) is 31.2 Å². The van der Waals surface area contributed by atoms with Crippen LogP contribution >= 0.6 is 11.8 Å². The van der Waals surface area contributed by atoms with Gasteiger partial charge in [-0.3, -0.25) is 10.1 Å². The Morgan fingerprint density at radius 2 is 2.05 bits per heavy atom. The van der Waals surface area contributed by atoms with Gasteiger partial charge in [0, 0.05) is 18.1 Å². The molecule has 0 aliphatic heterocycles. The Morgan fingerprint density at radius 3 is 2.60 bits per heavy atom. The number of nitro groups is 1. The lowest BCUT2D eigenvalue weighted by molar-refractivity contribution is -0.385. The summed E-state index contributed by atoms with van der Waals surface area (Å²) in [7, 11) is 1.66. The van der Waals surface area contributed by atoms with E-state index >= 15 is 0 Å². The number of benzene rings is 1. The summed E-state index contributed by atoms with van der Waals surface area (Å²) in [5.41, 5.74) is 1.91. The maximum atomic E-state index is 10.7. The summed E-state index contributed by atoms with van der Waals surface area (Å²) in [5.74, 6) is 0. The number of pyridine rings is 1. The molecule has 0 radical (unpaired) electrons. The van der Waals surface area contributed by atoms with Gasteiger partial charge in [0.15, 0.2) is 0 Å². The second kappa shape index (κ2) is 6.49. The molecule has 0 atom stereocenters. The molecule has 1 aromatic heterocycles. The Morgan fingerprint density at radius 1 is 1.35 bits per heavy atom. The van der Waals surface area contributed by atoms with Crippen LogP contribution in [0.4, 0.5) is 5.69 Å². The standard InChI is InChI=1S/C14H14N2O3S/c1-10-7-12(16(17)18)8-15-14(10)20-13-5-3-11(4-6-13)9-19-2/h3-8H,9H2,1-2H3. The van der Waals surface area contributed by atoms with Gasteiger partial charge < -0.3 is 4.74 Å². The third kappa shape index (κ3) is 3.55. The molecule has 2 rings (SSSR count). The molecule has 0 aliphatic carbocycles. The number of aryl methyl sites for hydroxylation is 1. The van der Waals surface area contributed by atoms with Crippen LogP contribution in [0, 0.1) is 17.0 Å². The van der Waals surface area contributed by atoms with E-state index < -0.39 is 4.92 Å². The molecule has 0 N–H and O–H groups in total. The minimum Gasteiger partial charge on any atom is -0.380 e. The minimum absolute atomic E-state index is 0.0160. The fraction of sp³-hybridized carbons (Fsp3) is 0.214. The summed E-state index contributed by atoms with van der Waals surface area (Å²) >= 11 is 1.49. The van der Waals surface area contributed by atoms with Crippen LogP contribution < -0.4 is 0 Å². The Kier molecular flexibility index (Phi) is 4.70. The molecule has 2 aromatic rings. The molecule has 6 heteroatoms. The second-order valence-electron chi connectivity index (χ2n) is 4.25. The molecule has 1 heterocycles. The van der Waals surface area contributed by atoms with Crippen molar-refractivity contribution in [2.75, 3.05) is 7.11 Å². The molecule has 0 unspecified atom stereocenters. The highest BCUT2D eigenvalue weighted by Gasteiger charge is 2.10. The first kappa shape index (κ1) is 14.5. The van der Waals surface area contributed by atoms with Crippen molar-refractivity contribution in [3.63, 3.8) is 0 Å². The normalized spacial score (nSPS) is 10.5. The molecular formula is C14H14N2O3S. The fourth-order valence-electron chi connectivity index (χ4n) is 1.69. The van der Waals surface area contributed by atoms with E-state index in [0.717, 1.165) is 21.0 Å². The molecule has 0 aliphatic rings. The topological polar surface area (TPSA) is 65.3 Å². The van der Waals surface area contributed by atoms with E-state index in [1.165, 1.54) is 24.0 Å². The van der Waals surface area contributed by atoms with Crippen LogP contribution in [-0.4, -0.2) is 17.0 Å². The summed E-state index contributed by atoms with van der Waals surface area (Å²) in [6.45, 7) is 2.40. The fourth-order valence-corrected chi connectivity index (χ4v) is 2.51. The SMILES string of the molecule is COCc1ccc(Sc2ncc([N+](=O)[O-])cc2C)cc1. The zero-order valence-electron chi connectivity index (χ0n) is 11.2. The van der Waals surface area contributed by atoms with Crippen molar-refractivity contribution in [2.24, 2.45) is 0 Å². The van der Waals surface area contributed by atoms with Crippen LogP contribution in [0.15, 0.2) is 46.5 Å². The lowest BCUT2D eigenvalue weighted by atomic mass is 10.2. The summed E-state index contributed by atoms with van der Waals surface area (Å²) in [6.07, 6.45) is 1.29. The van der Waals surface area contributed by atoms with Gasteiger partial charge in [-0.25, -0.2) is 4.98 Å². The van der Waals surface area contributed by atoms with Gasteiger partial charge in [-0.15, -0.1) is 0 Å². The zero-order valence-corrected chi connectivity index (χ0v) is 12.0. The molecule has 0 saturated heterocycles. The van der Waals surface area contributed by atoms with Gasteiger partial charge in [0.2, 0.25) is 0 Å². The average molecular weight is 290 g/mol. The van der Waals surface area contributed by atoms with Crippen molar-refractivity contribution in [1.29, 1.82) is 0 Å². The largest absolute Gasteiger partial charge is 0.380 e. The van der Waals surface area contributed by atoms with Crippen LogP contribution in [0.2, 0.25) is 0 Å². The summed E-state index contributed by atoms with van der Waals surface area (Å²) < 4.78 is 5.06. The Balaban J connectivity index is 2.15. The van der Waals surface area contributed by atoms with Gasteiger partial charge in [0.1, 0.15) is 11.2 Å². The van der Waals surface area contributed by atoms with Crippen LogP contribution in [0.3, 0.4) is 0 Å². The van der Waals surface area contributed by atoms with Gasteiger partial charge >= 0.3 is 0 Å². The van der Waals surface area contributed by atoms with Crippen LogP contribution in [0.5, 0.6) is 0 Å². The minimum atomic E-state index is -0.437. The van der Waals surface area contributed by atoms with E-state index in [-0.39, 0.29) is 5.69 Å². The average Bonchev–Trinajstić information content (AvgIpc) is 2.43. The summed E-state index contributed by atoms with van der Waals surface area (Å²) in [4.78, 5) is 15.4. The van der Waals surface area contributed by atoms with Crippen LogP contribution in [0.25, 0.3) is 0 Å². The first-order valence-corrected chi connectivity index (χ1v) is 6.78. The number of rotatable bonds is 5. The third-order valence-corrected chi connectivity index (χ3v) is 3.80. The first-order chi connectivity index (χ1) is 9.60. The predicted octanol–water partition coefficient (Wildman–Crippen LogP) is 3.60. The summed E-state index contributed by atoms with van der Waals surface area (Å²) in [5, 5.41) is 11.4. The molecule has 20 heavy (non-hydrogen) atoms. The van der Waals surface area contributed by atoms with Gasteiger partial charge in [-0.2, -0.15) is 0 Å². The highest BCUT2D eigenvalue weighted by molar-refractivity contribution is 7.99. The lowest BCUT2D eigenvalue weighted by Crippen LogP contribution is -1.92. The van der Waals surface area contributed by atoms with Gasteiger partial charge in [0.05, 0.1) is 11.5 Å². The number of hydrogen-bond acceptors (Lipinski definition) is 5. The quantitative estimate of drug-likeness (QED) is 0.622. The lowest BCUT2D eigenvalue weighted by Gasteiger charge is -2.05. The highest BCUT2D eigenvalue weighted by atomic mass is 32.2. The highest BCUT2D eigenvalue weighted by Crippen LogP contribution is 2.30. The molecule has 0 amide bonds. The molecule has 0 bridgehead atoms. The van der Waals surface area contributed by atoms with E-state index in [0.29, 0.717) is 6.61 Å². The van der Waals surface area contributed by atoms with Crippen LogP contribution in [-0.2, 0) is 11.3 Å². The monoisotopic (exact) mass is 290 g/mol. The zero-order chi connectivity index (χ0) is 14.5.